The molecule has 22 heavy (non-hydrogen) atoms. The molecular weight excluding hydrogens is 288 g/mol. The van der Waals surface area contributed by atoms with Gasteiger partial charge in [0.2, 0.25) is 0 Å². The van der Waals surface area contributed by atoms with Crippen LogP contribution in [0.2, 0.25) is 0 Å². The van der Waals surface area contributed by atoms with E-state index in [1.54, 1.807) is 32.0 Å². The van der Waals surface area contributed by atoms with Gasteiger partial charge in [0.05, 0.1) is 11.5 Å². The highest BCUT2D eigenvalue weighted by Crippen LogP contribution is 2.14. The maximum Gasteiger partial charge on any atom is 0.341 e. The number of non-ortho nitro benzene ring substituents is 1. The zero-order valence-corrected chi connectivity index (χ0v) is 12.1. The Morgan fingerprint density at radius 3 is 2.36 bits per heavy atom. The predicted octanol–water partition coefficient (Wildman–Crippen LogP) is 2.12. The molecule has 2 aromatic rings. The third kappa shape index (κ3) is 2.88. The minimum atomic E-state index is -1.26. The summed E-state index contributed by atoms with van der Waals surface area (Å²) >= 11 is 0. The van der Waals surface area contributed by atoms with Crippen molar-refractivity contribution in [3.63, 3.8) is 0 Å². The van der Waals surface area contributed by atoms with Gasteiger partial charge in [-0.15, -0.1) is 0 Å². The van der Waals surface area contributed by atoms with E-state index in [0.717, 1.165) is 0 Å². The zero-order valence-electron chi connectivity index (χ0n) is 12.1. The Balaban J connectivity index is 2.45. The van der Waals surface area contributed by atoms with Crippen LogP contribution in [0.15, 0.2) is 35.1 Å². The number of pyridine rings is 1. The summed E-state index contributed by atoms with van der Waals surface area (Å²) in [7, 11) is 0. The van der Waals surface area contributed by atoms with Crippen LogP contribution < -0.4 is 5.56 Å². The molecule has 0 aliphatic heterocycles. The summed E-state index contributed by atoms with van der Waals surface area (Å²) in [5.74, 6) is -1.26. The Kier molecular flexibility index (Phi) is 4.07. The minimum absolute atomic E-state index is 0.0389. The van der Waals surface area contributed by atoms with Crippen molar-refractivity contribution in [1.29, 1.82) is 0 Å². The van der Waals surface area contributed by atoms with Crippen molar-refractivity contribution < 1.29 is 14.8 Å². The lowest BCUT2D eigenvalue weighted by atomic mass is 10.1. The van der Waals surface area contributed by atoms with Crippen LogP contribution >= 0.6 is 0 Å². The largest absolute Gasteiger partial charge is 0.477 e. The molecule has 7 nitrogen and oxygen atoms in total. The topological polar surface area (TPSA) is 102 Å². The third-order valence-electron chi connectivity index (χ3n) is 3.41. The van der Waals surface area contributed by atoms with Gasteiger partial charge in [0.15, 0.2) is 0 Å². The first-order valence-corrected chi connectivity index (χ1v) is 6.49. The lowest BCUT2D eigenvalue weighted by Gasteiger charge is -2.12. The minimum Gasteiger partial charge on any atom is -0.477 e. The van der Waals surface area contributed by atoms with Gasteiger partial charge < -0.3 is 9.67 Å². The smallest absolute Gasteiger partial charge is 0.341 e. The number of carboxylic acids is 1. The van der Waals surface area contributed by atoms with Crippen LogP contribution in [-0.2, 0) is 6.54 Å². The molecule has 1 aromatic heterocycles. The number of aromatic carboxylic acids is 1. The number of benzene rings is 1. The van der Waals surface area contributed by atoms with Crippen LogP contribution in [0.3, 0.4) is 0 Å². The highest BCUT2D eigenvalue weighted by Gasteiger charge is 2.16. The van der Waals surface area contributed by atoms with Crippen molar-refractivity contribution in [1.82, 2.24) is 4.57 Å². The van der Waals surface area contributed by atoms with E-state index in [1.807, 2.05) is 0 Å². The molecule has 0 saturated heterocycles. The van der Waals surface area contributed by atoms with E-state index in [9.17, 15) is 19.7 Å². The van der Waals surface area contributed by atoms with Crippen molar-refractivity contribution in [2.75, 3.05) is 0 Å². The number of hydrogen-bond donors (Lipinski definition) is 1. The Bertz CT molecular complexity index is 806. The van der Waals surface area contributed by atoms with E-state index in [-0.39, 0.29) is 17.8 Å². The highest BCUT2D eigenvalue weighted by atomic mass is 16.6. The summed E-state index contributed by atoms with van der Waals surface area (Å²) in [6.07, 6.45) is 0. The Hall–Kier alpha value is -2.96. The fourth-order valence-electron chi connectivity index (χ4n) is 2.29. The van der Waals surface area contributed by atoms with Crippen molar-refractivity contribution in [2.45, 2.75) is 20.4 Å². The monoisotopic (exact) mass is 302 g/mol. The van der Waals surface area contributed by atoms with Crippen molar-refractivity contribution in [2.24, 2.45) is 0 Å². The predicted molar refractivity (Wildman–Crippen MR) is 79.3 cm³/mol. The number of nitro benzene ring substituents is 1. The van der Waals surface area contributed by atoms with E-state index in [1.165, 1.54) is 16.7 Å². The molecule has 114 valence electrons. The molecule has 7 heteroatoms. The summed E-state index contributed by atoms with van der Waals surface area (Å²) in [5.41, 5.74) is 0.843. The molecular formula is C15H14N2O5. The van der Waals surface area contributed by atoms with Crippen molar-refractivity contribution >= 4 is 11.7 Å². The molecule has 0 fully saturated rings. The summed E-state index contributed by atoms with van der Waals surface area (Å²) < 4.78 is 1.34. The average molecular weight is 302 g/mol. The molecule has 1 heterocycles. The van der Waals surface area contributed by atoms with Gasteiger partial charge in [0, 0.05) is 17.8 Å². The Morgan fingerprint density at radius 1 is 1.27 bits per heavy atom. The second kappa shape index (κ2) is 5.80. The first-order valence-electron chi connectivity index (χ1n) is 6.49. The lowest BCUT2D eigenvalue weighted by molar-refractivity contribution is -0.384. The molecule has 0 radical (unpaired) electrons. The average Bonchev–Trinajstić information content (AvgIpc) is 2.43. The highest BCUT2D eigenvalue weighted by molar-refractivity contribution is 5.88. The molecule has 0 amide bonds. The number of aryl methyl sites for hydroxylation is 2. The summed E-state index contributed by atoms with van der Waals surface area (Å²) in [4.78, 5) is 33.6. The summed E-state index contributed by atoms with van der Waals surface area (Å²) in [5, 5.41) is 19.8. The number of carboxylic acid groups (broad SMARTS) is 1. The molecule has 0 aliphatic rings. The van der Waals surface area contributed by atoms with E-state index < -0.39 is 16.5 Å². The zero-order chi connectivity index (χ0) is 16.4. The number of nitrogens with zero attached hydrogens (tertiary/aromatic N) is 2. The number of nitro groups is 1. The SMILES string of the molecule is Cc1cc(C)n(Cc2ccc([N+](=O)[O-])cc2)c(=O)c1C(=O)O. The number of rotatable bonds is 4. The van der Waals surface area contributed by atoms with E-state index in [4.69, 9.17) is 5.11 Å². The van der Waals surface area contributed by atoms with Gasteiger partial charge in [-0.05, 0) is 31.0 Å². The van der Waals surface area contributed by atoms with Gasteiger partial charge in [0.25, 0.3) is 11.2 Å². The van der Waals surface area contributed by atoms with Gasteiger partial charge in [-0.3, -0.25) is 14.9 Å². The number of hydrogen-bond acceptors (Lipinski definition) is 4. The van der Waals surface area contributed by atoms with E-state index in [0.29, 0.717) is 16.8 Å². The van der Waals surface area contributed by atoms with Crippen LogP contribution in [0.5, 0.6) is 0 Å². The molecule has 1 aromatic carbocycles. The third-order valence-corrected chi connectivity index (χ3v) is 3.41. The van der Waals surface area contributed by atoms with Crippen LogP contribution in [-0.4, -0.2) is 20.6 Å². The summed E-state index contributed by atoms with van der Waals surface area (Å²) in [6.45, 7) is 3.45. The van der Waals surface area contributed by atoms with E-state index >= 15 is 0 Å². The molecule has 0 unspecified atom stereocenters. The van der Waals surface area contributed by atoms with Gasteiger partial charge in [-0.2, -0.15) is 0 Å². The van der Waals surface area contributed by atoms with Gasteiger partial charge in [0.1, 0.15) is 5.56 Å². The molecule has 0 aliphatic carbocycles. The fraction of sp³-hybridized carbons (Fsp3) is 0.200. The second-order valence-corrected chi connectivity index (χ2v) is 4.96. The fourth-order valence-corrected chi connectivity index (χ4v) is 2.29. The van der Waals surface area contributed by atoms with Crippen molar-refractivity contribution in [3.8, 4) is 0 Å². The lowest BCUT2D eigenvalue weighted by Crippen LogP contribution is -2.29. The molecule has 0 bridgehead atoms. The first kappa shape index (κ1) is 15.4. The number of carbonyl (C=O) groups is 1. The quantitative estimate of drug-likeness (QED) is 0.688. The standard InChI is InChI=1S/C15H14N2O5/c1-9-7-10(2)16(14(18)13(9)15(19)20)8-11-3-5-12(6-4-11)17(21)22/h3-7H,8H2,1-2H3,(H,19,20). The molecule has 0 saturated carbocycles. The number of aromatic nitrogens is 1. The Labute approximate surface area is 125 Å². The molecule has 2 rings (SSSR count). The van der Waals surface area contributed by atoms with E-state index in [2.05, 4.69) is 0 Å². The van der Waals surface area contributed by atoms with Gasteiger partial charge in [-0.1, -0.05) is 12.1 Å². The van der Waals surface area contributed by atoms with Crippen LogP contribution in [0, 0.1) is 24.0 Å². The van der Waals surface area contributed by atoms with Crippen LogP contribution in [0.1, 0.15) is 27.2 Å². The maximum absolute atomic E-state index is 12.3. The summed E-state index contributed by atoms with van der Waals surface area (Å²) in [6, 6.07) is 7.43. The van der Waals surface area contributed by atoms with Crippen LogP contribution in [0.4, 0.5) is 5.69 Å². The maximum atomic E-state index is 12.3. The molecule has 0 spiro atoms. The first-order chi connectivity index (χ1) is 10.3. The molecule has 0 atom stereocenters. The second-order valence-electron chi connectivity index (χ2n) is 4.96. The molecule has 1 N–H and O–H groups in total. The van der Waals surface area contributed by atoms with Crippen LogP contribution in [0.25, 0.3) is 0 Å². The van der Waals surface area contributed by atoms with Gasteiger partial charge in [-0.25, -0.2) is 4.79 Å². The van der Waals surface area contributed by atoms with Crippen molar-refractivity contribution in [3.05, 3.63) is 73.2 Å². The Morgan fingerprint density at radius 2 is 1.86 bits per heavy atom. The van der Waals surface area contributed by atoms with Gasteiger partial charge >= 0.3 is 5.97 Å². The normalized spacial score (nSPS) is 10.5.